The van der Waals surface area contributed by atoms with Gasteiger partial charge >= 0.3 is 0 Å². The van der Waals surface area contributed by atoms with E-state index in [0.29, 0.717) is 15.2 Å². The number of carbonyl (C=O) groups excluding carboxylic acids is 1. The molecule has 2 aromatic carbocycles. The van der Waals surface area contributed by atoms with Crippen LogP contribution in [0.3, 0.4) is 0 Å². The molecular formula is C17H13FN4O3S2. The number of rotatable bonds is 8. The second kappa shape index (κ2) is 8.69. The van der Waals surface area contributed by atoms with Gasteiger partial charge in [0.25, 0.3) is 5.69 Å². The predicted molar refractivity (Wildman–Crippen MR) is 102 cm³/mol. The Balaban J connectivity index is 1.53. The van der Waals surface area contributed by atoms with E-state index in [9.17, 15) is 19.3 Å². The van der Waals surface area contributed by atoms with Crippen molar-refractivity contribution in [2.75, 3.05) is 11.9 Å². The Bertz CT molecular complexity index is 963. The van der Waals surface area contributed by atoms with E-state index in [0.717, 1.165) is 5.56 Å². The lowest BCUT2D eigenvalue weighted by atomic mass is 10.1. The average molecular weight is 404 g/mol. The van der Waals surface area contributed by atoms with Gasteiger partial charge in [-0.05, 0) is 17.7 Å². The number of anilines is 1. The number of nitro benzene ring substituents is 1. The van der Waals surface area contributed by atoms with Crippen molar-refractivity contribution in [2.24, 2.45) is 0 Å². The summed E-state index contributed by atoms with van der Waals surface area (Å²) in [5.74, 6) is 0.0654. The van der Waals surface area contributed by atoms with E-state index in [1.807, 2.05) is 0 Å². The molecule has 0 bridgehead atoms. The Labute approximate surface area is 161 Å². The van der Waals surface area contributed by atoms with E-state index in [1.165, 1.54) is 59.5 Å². The van der Waals surface area contributed by atoms with Gasteiger partial charge in [0.1, 0.15) is 5.82 Å². The number of halogens is 1. The highest BCUT2D eigenvalue weighted by atomic mass is 32.2. The first-order valence-corrected chi connectivity index (χ1v) is 9.54. The number of non-ortho nitro benzene ring substituents is 1. The van der Waals surface area contributed by atoms with Crippen molar-refractivity contribution in [3.63, 3.8) is 0 Å². The second-order valence-corrected chi connectivity index (χ2v) is 7.57. The maximum atomic E-state index is 12.9. The van der Waals surface area contributed by atoms with Crippen molar-refractivity contribution in [1.29, 1.82) is 0 Å². The lowest BCUT2D eigenvalue weighted by Crippen LogP contribution is -2.14. The smallest absolute Gasteiger partial charge is 0.270 e. The topological polar surface area (TPSA) is 98.0 Å². The van der Waals surface area contributed by atoms with Gasteiger partial charge in [-0.15, -0.1) is 10.2 Å². The summed E-state index contributed by atoms with van der Waals surface area (Å²) < 4.78 is 13.6. The van der Waals surface area contributed by atoms with E-state index in [-0.39, 0.29) is 29.4 Å². The van der Waals surface area contributed by atoms with Crippen LogP contribution in [-0.2, 0) is 5.75 Å². The van der Waals surface area contributed by atoms with Gasteiger partial charge < -0.3 is 5.32 Å². The van der Waals surface area contributed by atoms with Gasteiger partial charge in [-0.3, -0.25) is 14.9 Å². The molecule has 0 spiro atoms. The molecule has 0 radical (unpaired) electrons. The maximum absolute atomic E-state index is 12.9. The monoisotopic (exact) mass is 404 g/mol. The fourth-order valence-electron chi connectivity index (χ4n) is 2.12. The molecule has 1 heterocycles. The molecule has 0 aliphatic rings. The second-order valence-electron chi connectivity index (χ2n) is 5.37. The maximum Gasteiger partial charge on any atom is 0.270 e. The van der Waals surface area contributed by atoms with Gasteiger partial charge in [0, 0.05) is 23.4 Å². The Kier molecular flexibility index (Phi) is 6.09. The molecule has 138 valence electrons. The summed E-state index contributed by atoms with van der Waals surface area (Å²) in [6, 6.07) is 11.8. The first kappa shape index (κ1) is 18.9. The molecule has 3 aromatic rings. The van der Waals surface area contributed by atoms with Crippen LogP contribution < -0.4 is 5.32 Å². The zero-order valence-corrected chi connectivity index (χ0v) is 15.4. The van der Waals surface area contributed by atoms with Crippen LogP contribution in [0, 0.1) is 15.9 Å². The van der Waals surface area contributed by atoms with Gasteiger partial charge in [-0.25, -0.2) is 4.39 Å². The summed E-state index contributed by atoms with van der Waals surface area (Å²) in [7, 11) is 0. The number of nitrogens with one attached hydrogen (secondary N) is 1. The molecule has 1 N–H and O–H groups in total. The SMILES string of the molecule is O=C(CNc1nnc(SCc2ccc(F)cc2)s1)c1cccc([N+](=O)[O-])c1. The number of aromatic nitrogens is 2. The Morgan fingerprint density at radius 2 is 2.00 bits per heavy atom. The minimum absolute atomic E-state index is 0.0432. The largest absolute Gasteiger partial charge is 0.353 e. The molecule has 0 saturated heterocycles. The molecule has 27 heavy (non-hydrogen) atoms. The summed E-state index contributed by atoms with van der Waals surface area (Å²) >= 11 is 2.75. The summed E-state index contributed by atoms with van der Waals surface area (Å²) in [6.45, 7) is -0.0432. The van der Waals surface area contributed by atoms with Crippen LogP contribution in [0.25, 0.3) is 0 Å². The molecular weight excluding hydrogens is 391 g/mol. The Hall–Kier alpha value is -2.85. The van der Waals surface area contributed by atoms with Crippen LogP contribution in [0.5, 0.6) is 0 Å². The number of hydrogen-bond acceptors (Lipinski definition) is 8. The summed E-state index contributed by atoms with van der Waals surface area (Å²) in [4.78, 5) is 22.4. The van der Waals surface area contributed by atoms with Gasteiger partial charge in [-0.2, -0.15) is 0 Å². The highest BCUT2D eigenvalue weighted by Gasteiger charge is 2.12. The van der Waals surface area contributed by atoms with Gasteiger partial charge in [0.2, 0.25) is 5.13 Å². The van der Waals surface area contributed by atoms with Crippen LogP contribution in [0.4, 0.5) is 15.2 Å². The fraction of sp³-hybridized carbons (Fsp3) is 0.118. The Morgan fingerprint density at radius 1 is 1.22 bits per heavy atom. The quantitative estimate of drug-likeness (QED) is 0.260. The predicted octanol–water partition coefficient (Wildman–Crippen LogP) is 4.17. The lowest BCUT2D eigenvalue weighted by Gasteiger charge is -2.02. The number of ketones is 1. The van der Waals surface area contributed by atoms with Gasteiger partial charge in [-0.1, -0.05) is 47.4 Å². The average Bonchev–Trinajstić information content (AvgIpc) is 3.13. The molecule has 1 aromatic heterocycles. The van der Waals surface area contributed by atoms with E-state index in [1.54, 1.807) is 12.1 Å². The number of Topliss-reactive ketones (excluding diaryl/α,β-unsaturated/α-hetero) is 1. The van der Waals surface area contributed by atoms with Crippen LogP contribution in [0.15, 0.2) is 52.9 Å². The van der Waals surface area contributed by atoms with E-state index in [4.69, 9.17) is 0 Å². The van der Waals surface area contributed by atoms with Crippen LogP contribution >= 0.6 is 23.1 Å². The molecule has 0 saturated carbocycles. The van der Waals surface area contributed by atoms with Crippen molar-refractivity contribution < 1.29 is 14.1 Å². The minimum atomic E-state index is -0.542. The fourth-order valence-corrected chi connectivity index (χ4v) is 3.82. The minimum Gasteiger partial charge on any atom is -0.353 e. The molecule has 0 unspecified atom stereocenters. The van der Waals surface area contributed by atoms with Crippen molar-refractivity contribution >= 4 is 39.7 Å². The number of nitrogens with zero attached hydrogens (tertiary/aromatic N) is 3. The van der Waals surface area contributed by atoms with Crippen molar-refractivity contribution in [1.82, 2.24) is 10.2 Å². The van der Waals surface area contributed by atoms with E-state index in [2.05, 4.69) is 15.5 Å². The van der Waals surface area contributed by atoms with Crippen molar-refractivity contribution in [3.8, 4) is 0 Å². The summed E-state index contributed by atoms with van der Waals surface area (Å²) in [5.41, 5.74) is 1.09. The number of benzene rings is 2. The highest BCUT2D eigenvalue weighted by Crippen LogP contribution is 2.28. The molecule has 7 nitrogen and oxygen atoms in total. The molecule has 0 aliphatic heterocycles. The number of nitro groups is 1. The van der Waals surface area contributed by atoms with Gasteiger partial charge in [0.05, 0.1) is 11.5 Å². The third-order valence-corrected chi connectivity index (χ3v) is 5.55. The van der Waals surface area contributed by atoms with E-state index < -0.39 is 4.92 Å². The molecule has 0 aliphatic carbocycles. The van der Waals surface area contributed by atoms with Crippen molar-refractivity contribution in [3.05, 3.63) is 75.6 Å². The highest BCUT2D eigenvalue weighted by molar-refractivity contribution is 8.00. The zero-order chi connectivity index (χ0) is 19.2. The third kappa shape index (κ3) is 5.31. The molecule has 0 amide bonds. The standard InChI is InChI=1S/C17H13FN4O3S2/c18-13-6-4-11(5-7-13)10-26-17-21-20-16(27-17)19-9-15(23)12-2-1-3-14(8-12)22(24)25/h1-8H,9-10H2,(H,19,20). The summed E-state index contributed by atoms with van der Waals surface area (Å²) in [5, 5.41) is 22.1. The summed E-state index contributed by atoms with van der Waals surface area (Å²) in [6.07, 6.45) is 0. The third-order valence-electron chi connectivity index (χ3n) is 3.46. The molecule has 3 rings (SSSR count). The normalized spacial score (nSPS) is 10.6. The lowest BCUT2D eigenvalue weighted by molar-refractivity contribution is -0.384. The number of thioether (sulfide) groups is 1. The van der Waals surface area contributed by atoms with Crippen molar-refractivity contribution in [2.45, 2.75) is 10.1 Å². The molecule has 0 fully saturated rings. The number of hydrogen-bond donors (Lipinski definition) is 1. The molecule has 0 atom stereocenters. The Morgan fingerprint density at radius 3 is 2.74 bits per heavy atom. The number of carbonyl (C=O) groups is 1. The van der Waals surface area contributed by atoms with Gasteiger partial charge in [0.15, 0.2) is 10.1 Å². The van der Waals surface area contributed by atoms with E-state index >= 15 is 0 Å². The first-order valence-electron chi connectivity index (χ1n) is 7.73. The molecule has 10 heteroatoms. The first-order chi connectivity index (χ1) is 13.0. The van der Waals surface area contributed by atoms with Crippen LogP contribution in [0.2, 0.25) is 0 Å². The van der Waals surface area contributed by atoms with Crippen LogP contribution in [0.1, 0.15) is 15.9 Å². The van der Waals surface area contributed by atoms with Crippen LogP contribution in [-0.4, -0.2) is 27.4 Å². The zero-order valence-electron chi connectivity index (χ0n) is 13.8.